The van der Waals surface area contributed by atoms with Gasteiger partial charge in [-0.1, -0.05) is 6.07 Å². The van der Waals surface area contributed by atoms with Crippen molar-refractivity contribution in [3.8, 4) is 0 Å². The lowest BCUT2D eigenvalue weighted by Crippen LogP contribution is -2.22. The highest BCUT2D eigenvalue weighted by molar-refractivity contribution is 5.99. The molecule has 2 aromatic carbocycles. The Kier molecular flexibility index (Phi) is 5.77. The summed E-state index contributed by atoms with van der Waals surface area (Å²) in [5.41, 5.74) is 2.34. The Morgan fingerprint density at radius 3 is 2.10 bits per heavy atom. The molecular weight excluding hydrogens is 392 g/mol. The maximum Gasteiger partial charge on any atom is 0.275 e. The van der Waals surface area contributed by atoms with E-state index in [1.165, 1.54) is 18.2 Å². The third kappa shape index (κ3) is 3.71. The zero-order chi connectivity index (χ0) is 22.0. The van der Waals surface area contributed by atoms with Crippen LogP contribution in [-0.2, 0) is 13.1 Å². The Bertz CT molecular complexity index is 1050. The number of carbonyl (C=O) groups is 2. The largest absolute Gasteiger partial charge is 0.335 e. The summed E-state index contributed by atoms with van der Waals surface area (Å²) in [6, 6.07) is 9.07. The number of amides is 2. The summed E-state index contributed by atoms with van der Waals surface area (Å²) in [5.74, 6) is -0.229. The summed E-state index contributed by atoms with van der Waals surface area (Å²) in [4.78, 5) is 47.0. The van der Waals surface area contributed by atoms with Gasteiger partial charge in [-0.15, -0.1) is 0 Å². The van der Waals surface area contributed by atoms with Crippen LogP contribution in [0.3, 0.4) is 0 Å². The van der Waals surface area contributed by atoms with Crippen molar-refractivity contribution in [2.75, 3.05) is 13.1 Å². The molecule has 0 radical (unpaired) electrons. The molecule has 0 aliphatic carbocycles. The van der Waals surface area contributed by atoms with Crippen molar-refractivity contribution < 1.29 is 19.4 Å². The number of hydrogen-bond donors (Lipinski definition) is 0. The van der Waals surface area contributed by atoms with Gasteiger partial charge in [0.25, 0.3) is 23.2 Å². The first-order valence-electron chi connectivity index (χ1n) is 9.40. The quantitative estimate of drug-likeness (QED) is 0.561. The average Bonchev–Trinajstić information content (AvgIpc) is 3.24. The molecule has 2 aliphatic heterocycles. The Labute approximate surface area is 172 Å². The highest BCUT2D eigenvalue weighted by Crippen LogP contribution is 2.30. The number of nitrogens with zero attached hydrogens (tertiary/aromatic N) is 4. The molecule has 0 bridgehead atoms. The molecule has 2 heterocycles. The summed E-state index contributed by atoms with van der Waals surface area (Å²) in [7, 11) is 0. The van der Waals surface area contributed by atoms with Crippen LogP contribution in [0.4, 0.5) is 11.4 Å². The maximum absolute atomic E-state index is 11.7. The second kappa shape index (κ2) is 8.27. The molecule has 10 heteroatoms. The normalized spacial score (nSPS) is 14.2. The number of benzene rings is 2. The van der Waals surface area contributed by atoms with Crippen LogP contribution < -0.4 is 0 Å². The first kappa shape index (κ1) is 20.9. The fourth-order valence-electron chi connectivity index (χ4n) is 3.52. The molecule has 0 atom stereocenters. The second-order valence-electron chi connectivity index (χ2n) is 6.80. The molecule has 0 saturated heterocycles. The first-order chi connectivity index (χ1) is 14.3. The standard InChI is InChI=1S/2C10H10N2O3/c1-2-11-6-7-3-4-8(12(14)15)5-9(7)10(11)13;1-2-11-6-8-7(10(11)13)4-3-5-9(8)12(14)15/h2*3-5H,2,6H2,1H3. The van der Waals surface area contributed by atoms with Gasteiger partial charge >= 0.3 is 0 Å². The molecule has 4 rings (SSSR count). The van der Waals surface area contributed by atoms with Crippen molar-refractivity contribution in [3.05, 3.63) is 78.9 Å². The van der Waals surface area contributed by atoms with Crippen molar-refractivity contribution in [1.29, 1.82) is 0 Å². The van der Waals surface area contributed by atoms with Crippen LogP contribution in [0.5, 0.6) is 0 Å². The molecule has 10 nitrogen and oxygen atoms in total. The van der Waals surface area contributed by atoms with E-state index in [4.69, 9.17) is 0 Å². The number of fused-ring (bicyclic) bond motifs is 2. The lowest BCUT2D eigenvalue weighted by Gasteiger charge is -2.10. The van der Waals surface area contributed by atoms with Gasteiger partial charge in [0.1, 0.15) is 0 Å². The Morgan fingerprint density at radius 1 is 0.867 bits per heavy atom. The lowest BCUT2D eigenvalue weighted by molar-refractivity contribution is -0.385. The molecule has 0 spiro atoms. The molecule has 0 saturated carbocycles. The Hall–Kier alpha value is -3.82. The third-order valence-electron chi connectivity index (χ3n) is 5.16. The van der Waals surface area contributed by atoms with E-state index in [0.717, 1.165) is 5.56 Å². The number of nitro benzene ring substituents is 2. The molecule has 156 valence electrons. The van der Waals surface area contributed by atoms with Crippen molar-refractivity contribution in [1.82, 2.24) is 9.80 Å². The molecule has 0 fully saturated rings. The number of rotatable bonds is 4. The average molecular weight is 412 g/mol. The zero-order valence-electron chi connectivity index (χ0n) is 16.5. The number of carbonyl (C=O) groups excluding carboxylic acids is 2. The van der Waals surface area contributed by atoms with Crippen molar-refractivity contribution in [2.45, 2.75) is 26.9 Å². The van der Waals surface area contributed by atoms with Gasteiger partial charge in [-0.3, -0.25) is 29.8 Å². The van der Waals surface area contributed by atoms with Crippen LogP contribution in [0, 0.1) is 20.2 Å². The molecule has 2 aliphatic rings. The van der Waals surface area contributed by atoms with Gasteiger partial charge in [0.2, 0.25) is 0 Å². The molecule has 2 amide bonds. The number of hydrogen-bond acceptors (Lipinski definition) is 6. The Morgan fingerprint density at radius 2 is 1.50 bits per heavy atom. The minimum absolute atomic E-state index is 0.0277. The summed E-state index contributed by atoms with van der Waals surface area (Å²) in [6.07, 6.45) is 0. The van der Waals surface area contributed by atoms with E-state index in [0.29, 0.717) is 42.9 Å². The van der Waals surface area contributed by atoms with Crippen LogP contribution in [0.1, 0.15) is 45.7 Å². The fraction of sp³-hybridized carbons (Fsp3) is 0.300. The topological polar surface area (TPSA) is 127 Å². The minimum Gasteiger partial charge on any atom is -0.335 e. The van der Waals surface area contributed by atoms with E-state index < -0.39 is 9.85 Å². The number of non-ortho nitro benzene ring substituents is 1. The van der Waals surface area contributed by atoms with E-state index in [1.807, 2.05) is 13.8 Å². The Balaban J connectivity index is 0.000000171. The highest BCUT2D eigenvalue weighted by Gasteiger charge is 2.32. The van der Waals surface area contributed by atoms with Gasteiger partial charge in [-0.25, -0.2) is 0 Å². The van der Waals surface area contributed by atoms with Crippen LogP contribution in [0.2, 0.25) is 0 Å². The summed E-state index contributed by atoms with van der Waals surface area (Å²) < 4.78 is 0. The summed E-state index contributed by atoms with van der Waals surface area (Å²) in [6.45, 7) is 5.85. The first-order valence-corrected chi connectivity index (χ1v) is 9.40. The van der Waals surface area contributed by atoms with Crippen LogP contribution in [0.15, 0.2) is 36.4 Å². The lowest BCUT2D eigenvalue weighted by atomic mass is 10.1. The zero-order valence-corrected chi connectivity index (χ0v) is 16.5. The maximum atomic E-state index is 11.7. The van der Waals surface area contributed by atoms with Crippen molar-refractivity contribution in [3.63, 3.8) is 0 Å². The summed E-state index contributed by atoms with van der Waals surface area (Å²) >= 11 is 0. The van der Waals surface area contributed by atoms with Gasteiger partial charge in [-0.2, -0.15) is 0 Å². The van der Waals surface area contributed by atoms with Crippen molar-refractivity contribution in [2.24, 2.45) is 0 Å². The fourth-order valence-corrected chi connectivity index (χ4v) is 3.52. The smallest absolute Gasteiger partial charge is 0.275 e. The molecular formula is C20H20N4O6. The van der Waals surface area contributed by atoms with Crippen LogP contribution in [0.25, 0.3) is 0 Å². The highest BCUT2D eigenvalue weighted by atomic mass is 16.6. The van der Waals surface area contributed by atoms with E-state index in [-0.39, 0.29) is 23.2 Å². The van der Waals surface area contributed by atoms with Gasteiger partial charge in [-0.05, 0) is 31.5 Å². The van der Waals surface area contributed by atoms with Crippen LogP contribution >= 0.6 is 0 Å². The van der Waals surface area contributed by atoms with E-state index >= 15 is 0 Å². The molecule has 0 unspecified atom stereocenters. The van der Waals surface area contributed by atoms with Crippen molar-refractivity contribution >= 4 is 23.2 Å². The van der Waals surface area contributed by atoms with Gasteiger partial charge in [0.05, 0.1) is 33.1 Å². The predicted octanol–water partition coefficient (Wildman–Crippen LogP) is 3.14. The molecule has 0 N–H and O–H groups in total. The SMILES string of the molecule is CCN1Cc2c(cccc2[N+](=O)[O-])C1=O.CCN1Cc2ccc([N+](=O)[O-])cc2C1=O. The van der Waals surface area contributed by atoms with Gasteiger partial charge in [0, 0.05) is 37.8 Å². The summed E-state index contributed by atoms with van der Waals surface area (Å²) in [5, 5.41) is 21.3. The predicted molar refractivity (Wildman–Crippen MR) is 107 cm³/mol. The molecule has 0 aromatic heterocycles. The third-order valence-corrected chi connectivity index (χ3v) is 5.16. The van der Waals surface area contributed by atoms with E-state index in [1.54, 1.807) is 28.0 Å². The minimum atomic E-state index is -0.484. The number of nitro groups is 2. The monoisotopic (exact) mass is 412 g/mol. The van der Waals surface area contributed by atoms with Crippen LogP contribution in [-0.4, -0.2) is 44.6 Å². The second-order valence-corrected chi connectivity index (χ2v) is 6.80. The molecule has 2 aromatic rings. The van der Waals surface area contributed by atoms with E-state index in [2.05, 4.69) is 0 Å². The molecule has 30 heavy (non-hydrogen) atoms. The van der Waals surface area contributed by atoms with Gasteiger partial charge < -0.3 is 9.80 Å². The van der Waals surface area contributed by atoms with Gasteiger partial charge in [0.15, 0.2) is 0 Å². The van der Waals surface area contributed by atoms with E-state index in [9.17, 15) is 29.8 Å².